The number of esters is 1. The summed E-state index contributed by atoms with van der Waals surface area (Å²) in [5.74, 6) is 0.212. The number of thiazole rings is 1. The lowest BCUT2D eigenvalue weighted by atomic mass is 10.3. The predicted octanol–water partition coefficient (Wildman–Crippen LogP) is 1.38. The molecule has 0 fully saturated rings. The molecule has 1 aromatic rings. The monoisotopic (exact) mass is 369 g/mol. The van der Waals surface area contributed by atoms with Crippen LogP contribution in [0.25, 0.3) is 0 Å². The second kappa shape index (κ2) is 10.7. The number of carbonyl (C=O) groups excluding carboxylic acids is 2. The maximum atomic E-state index is 11.9. The van der Waals surface area contributed by atoms with Crippen molar-refractivity contribution in [3.63, 3.8) is 0 Å². The van der Waals surface area contributed by atoms with Crippen LogP contribution in [-0.4, -0.2) is 49.1 Å². The molecule has 1 atom stereocenters. The molecular weight excluding hydrogens is 342 g/mol. The molecule has 140 valence electrons. The van der Waals surface area contributed by atoms with Crippen molar-refractivity contribution in [1.82, 2.24) is 20.9 Å². The minimum Gasteiger partial charge on any atom is -0.462 e. The number of hydrogen-bond donors (Lipinski definition) is 3. The summed E-state index contributed by atoms with van der Waals surface area (Å²) < 4.78 is 5.05. The highest BCUT2D eigenvalue weighted by Gasteiger charge is 2.20. The zero-order valence-electron chi connectivity index (χ0n) is 15.4. The summed E-state index contributed by atoms with van der Waals surface area (Å²) in [5, 5.41) is 9.89. The van der Waals surface area contributed by atoms with E-state index >= 15 is 0 Å². The molecule has 25 heavy (non-hydrogen) atoms. The Morgan fingerprint density at radius 3 is 2.64 bits per heavy atom. The molecule has 0 radical (unpaired) electrons. The quantitative estimate of drug-likeness (QED) is 0.277. The minimum absolute atomic E-state index is 0.0775. The Balaban J connectivity index is 2.74. The van der Waals surface area contributed by atoms with Gasteiger partial charge in [0.15, 0.2) is 5.96 Å². The summed E-state index contributed by atoms with van der Waals surface area (Å²) in [7, 11) is 0. The second-order valence-corrected chi connectivity index (χ2v) is 6.33. The van der Waals surface area contributed by atoms with Crippen molar-refractivity contribution in [3.8, 4) is 0 Å². The zero-order valence-corrected chi connectivity index (χ0v) is 16.2. The van der Waals surface area contributed by atoms with E-state index in [1.165, 1.54) is 18.3 Å². The van der Waals surface area contributed by atoms with E-state index in [9.17, 15) is 9.59 Å². The van der Waals surface area contributed by atoms with Crippen LogP contribution in [0, 0.1) is 6.92 Å². The lowest BCUT2D eigenvalue weighted by Crippen LogP contribution is -2.39. The molecule has 1 unspecified atom stereocenters. The Morgan fingerprint density at radius 1 is 1.32 bits per heavy atom. The summed E-state index contributed by atoms with van der Waals surface area (Å²) >= 11 is 1.32. The first-order valence-corrected chi connectivity index (χ1v) is 9.14. The molecule has 0 aliphatic rings. The number of aryl methyl sites for hydroxylation is 1. The second-order valence-electron chi connectivity index (χ2n) is 5.30. The van der Waals surface area contributed by atoms with Crippen LogP contribution in [0.4, 0.5) is 0 Å². The van der Waals surface area contributed by atoms with Gasteiger partial charge in [0.05, 0.1) is 24.9 Å². The van der Waals surface area contributed by atoms with Crippen molar-refractivity contribution in [2.75, 3.05) is 26.2 Å². The van der Waals surface area contributed by atoms with E-state index in [4.69, 9.17) is 4.74 Å². The smallest absolute Gasteiger partial charge is 0.350 e. The van der Waals surface area contributed by atoms with Crippen molar-refractivity contribution in [1.29, 1.82) is 0 Å². The van der Waals surface area contributed by atoms with Crippen molar-refractivity contribution < 1.29 is 14.3 Å². The van der Waals surface area contributed by atoms with Gasteiger partial charge in [0.2, 0.25) is 5.91 Å². The number of guanidine groups is 1. The maximum absolute atomic E-state index is 11.9. The highest BCUT2D eigenvalue weighted by Crippen LogP contribution is 2.24. The molecule has 3 N–H and O–H groups in total. The first-order valence-electron chi connectivity index (χ1n) is 8.32. The highest BCUT2D eigenvalue weighted by atomic mass is 32.1. The molecule has 0 saturated heterocycles. The Hall–Kier alpha value is -2.16. The number of nitrogens with zero attached hydrogens (tertiary/aromatic N) is 2. The molecule has 1 aromatic heterocycles. The molecule has 0 spiro atoms. The van der Waals surface area contributed by atoms with Crippen LogP contribution in [-0.2, 0) is 9.53 Å². The first-order chi connectivity index (χ1) is 11.9. The van der Waals surface area contributed by atoms with Gasteiger partial charge in [0, 0.05) is 20.0 Å². The van der Waals surface area contributed by atoms with E-state index in [1.807, 2.05) is 13.8 Å². The van der Waals surface area contributed by atoms with Gasteiger partial charge in [0.1, 0.15) is 9.88 Å². The molecule has 1 amide bonds. The fourth-order valence-corrected chi connectivity index (χ4v) is 2.94. The third kappa shape index (κ3) is 7.08. The number of hydrogen-bond acceptors (Lipinski definition) is 6. The van der Waals surface area contributed by atoms with E-state index < -0.39 is 0 Å². The van der Waals surface area contributed by atoms with E-state index in [0.717, 1.165) is 5.01 Å². The van der Waals surface area contributed by atoms with Gasteiger partial charge in [-0.1, -0.05) is 0 Å². The number of aromatic nitrogens is 1. The number of amides is 1. The van der Waals surface area contributed by atoms with Crippen molar-refractivity contribution in [2.24, 2.45) is 4.99 Å². The van der Waals surface area contributed by atoms with E-state index in [1.54, 1.807) is 13.8 Å². The Kier molecular flexibility index (Phi) is 8.90. The van der Waals surface area contributed by atoms with Gasteiger partial charge in [0.25, 0.3) is 0 Å². The molecule has 0 saturated carbocycles. The lowest BCUT2D eigenvalue weighted by molar-refractivity contribution is -0.118. The largest absolute Gasteiger partial charge is 0.462 e. The Labute approximate surface area is 152 Å². The molecular formula is C16H27N5O3S. The standard InChI is InChI=1S/C16H27N5O3S/c1-6-17-16(19-9-8-18-12(5)22)21-11(4)14-20-10(3)13(25-14)15(23)24-7-2/h11H,6-9H2,1-5H3,(H,18,22)(H2,17,19,21). The number of nitrogens with one attached hydrogen (secondary N) is 3. The summed E-state index contributed by atoms with van der Waals surface area (Å²) in [6.07, 6.45) is 0. The average Bonchev–Trinajstić information content (AvgIpc) is 2.93. The number of ether oxygens (including phenoxy) is 1. The van der Waals surface area contributed by atoms with Crippen LogP contribution < -0.4 is 16.0 Å². The van der Waals surface area contributed by atoms with Gasteiger partial charge in [-0.25, -0.2) is 9.78 Å². The van der Waals surface area contributed by atoms with Crippen molar-refractivity contribution in [2.45, 2.75) is 40.7 Å². The van der Waals surface area contributed by atoms with Gasteiger partial charge >= 0.3 is 5.97 Å². The summed E-state index contributed by atoms with van der Waals surface area (Å²) in [6, 6.07) is -0.120. The van der Waals surface area contributed by atoms with Crippen LogP contribution in [0.1, 0.15) is 54.1 Å². The van der Waals surface area contributed by atoms with E-state index in [-0.39, 0.29) is 17.9 Å². The Bertz CT molecular complexity index is 615. The van der Waals surface area contributed by atoms with Gasteiger partial charge in [-0.2, -0.15) is 0 Å². The van der Waals surface area contributed by atoms with Gasteiger partial charge in [-0.15, -0.1) is 11.3 Å². The topological polar surface area (TPSA) is 105 Å². The maximum Gasteiger partial charge on any atom is 0.350 e. The van der Waals surface area contributed by atoms with Crippen LogP contribution in [0.15, 0.2) is 4.99 Å². The van der Waals surface area contributed by atoms with E-state index in [0.29, 0.717) is 42.8 Å². The van der Waals surface area contributed by atoms with Crippen LogP contribution >= 0.6 is 11.3 Å². The minimum atomic E-state index is -0.341. The van der Waals surface area contributed by atoms with E-state index in [2.05, 4.69) is 25.9 Å². The van der Waals surface area contributed by atoms with Crippen molar-refractivity contribution in [3.05, 3.63) is 15.6 Å². The third-order valence-corrected chi connectivity index (χ3v) is 4.42. The fourth-order valence-electron chi connectivity index (χ4n) is 1.98. The fraction of sp³-hybridized carbons (Fsp3) is 0.625. The Morgan fingerprint density at radius 2 is 2.04 bits per heavy atom. The highest BCUT2D eigenvalue weighted by molar-refractivity contribution is 7.13. The zero-order chi connectivity index (χ0) is 18.8. The molecule has 1 heterocycles. The van der Waals surface area contributed by atoms with Crippen LogP contribution in [0.2, 0.25) is 0 Å². The van der Waals surface area contributed by atoms with Gasteiger partial charge in [-0.3, -0.25) is 9.79 Å². The number of aliphatic imine (C=N–C) groups is 1. The summed E-state index contributed by atoms with van der Waals surface area (Å²) in [6.45, 7) is 11.0. The number of carbonyl (C=O) groups is 2. The van der Waals surface area contributed by atoms with Crippen molar-refractivity contribution >= 4 is 29.2 Å². The summed E-state index contributed by atoms with van der Waals surface area (Å²) in [5.41, 5.74) is 0.666. The molecule has 8 nitrogen and oxygen atoms in total. The third-order valence-electron chi connectivity index (χ3n) is 3.10. The van der Waals surface area contributed by atoms with Crippen LogP contribution in [0.3, 0.4) is 0 Å². The average molecular weight is 369 g/mol. The van der Waals surface area contributed by atoms with Gasteiger partial charge < -0.3 is 20.7 Å². The predicted molar refractivity (Wildman–Crippen MR) is 99.0 cm³/mol. The number of rotatable bonds is 8. The molecule has 0 bridgehead atoms. The molecule has 0 aliphatic heterocycles. The lowest BCUT2D eigenvalue weighted by Gasteiger charge is -2.16. The molecule has 0 aliphatic carbocycles. The molecule has 9 heteroatoms. The summed E-state index contributed by atoms with van der Waals surface area (Å²) in [4.78, 5) is 32.2. The normalized spacial score (nSPS) is 12.4. The first kappa shape index (κ1) is 20.9. The SMILES string of the molecule is CCNC(=NCCNC(C)=O)NC(C)c1nc(C)c(C(=O)OCC)s1. The van der Waals surface area contributed by atoms with Crippen LogP contribution in [0.5, 0.6) is 0 Å². The van der Waals surface area contributed by atoms with Gasteiger partial charge in [-0.05, 0) is 27.7 Å². The molecule has 1 rings (SSSR count). The molecule has 0 aromatic carbocycles.